The summed E-state index contributed by atoms with van der Waals surface area (Å²) in [4.78, 5) is 6.45. The van der Waals surface area contributed by atoms with Crippen LogP contribution in [-0.4, -0.2) is 38.8 Å². The zero-order chi connectivity index (χ0) is 13.5. The number of aromatic nitrogens is 2. The van der Waals surface area contributed by atoms with Crippen molar-refractivity contribution in [2.24, 2.45) is 0 Å². The fraction of sp³-hybridized carbons (Fsp3) is 0.429. The van der Waals surface area contributed by atoms with Crippen LogP contribution in [0.2, 0.25) is 0 Å². The van der Waals surface area contributed by atoms with Crippen molar-refractivity contribution >= 4 is 0 Å². The van der Waals surface area contributed by atoms with E-state index < -0.39 is 5.60 Å². The molecule has 2 aromatic rings. The zero-order valence-electron chi connectivity index (χ0n) is 11.1. The molecule has 3 rings (SSSR count). The first-order valence-electron chi connectivity index (χ1n) is 6.36. The maximum absolute atomic E-state index is 9.66. The third kappa shape index (κ3) is 2.67. The van der Waals surface area contributed by atoms with Gasteiger partial charge in [-0.05, 0) is 13.8 Å². The van der Waals surface area contributed by atoms with Gasteiger partial charge >= 0.3 is 0 Å². The van der Waals surface area contributed by atoms with Gasteiger partial charge in [-0.25, -0.2) is 0 Å². The summed E-state index contributed by atoms with van der Waals surface area (Å²) in [7, 11) is 0. The number of hydrogen-bond donors (Lipinski definition) is 1. The van der Waals surface area contributed by atoms with Gasteiger partial charge in [0.15, 0.2) is 0 Å². The monoisotopic (exact) mass is 259 g/mol. The molecule has 1 aliphatic heterocycles. The first-order chi connectivity index (χ1) is 9.02. The average molecular weight is 259 g/mol. The van der Waals surface area contributed by atoms with Crippen molar-refractivity contribution in [3.05, 3.63) is 35.7 Å². The molecule has 19 heavy (non-hydrogen) atoms. The summed E-state index contributed by atoms with van der Waals surface area (Å²) >= 11 is 0. The Balaban J connectivity index is 1.68. The summed E-state index contributed by atoms with van der Waals surface area (Å²) in [5.41, 5.74) is 1.59. The summed E-state index contributed by atoms with van der Waals surface area (Å²) in [5.74, 6) is 1.20. The zero-order valence-corrected chi connectivity index (χ0v) is 11.1. The topological polar surface area (TPSA) is 62.4 Å². The van der Waals surface area contributed by atoms with Crippen LogP contribution in [0.5, 0.6) is 0 Å². The molecule has 0 radical (unpaired) electrons. The van der Waals surface area contributed by atoms with E-state index in [1.807, 2.05) is 38.1 Å². The first-order valence-corrected chi connectivity index (χ1v) is 6.36. The molecule has 0 amide bonds. The molecule has 5 heteroatoms. The number of nitrogens with zero attached hydrogens (tertiary/aromatic N) is 3. The Bertz CT molecular complexity index is 567. The SMILES string of the molecule is Cc1ccc(-c2noc(CN3CC(C)(O)C3)n2)cc1. The van der Waals surface area contributed by atoms with Crippen LogP contribution in [0.3, 0.4) is 0 Å². The van der Waals surface area contributed by atoms with Crippen LogP contribution < -0.4 is 0 Å². The summed E-state index contributed by atoms with van der Waals surface area (Å²) in [6, 6.07) is 8.02. The van der Waals surface area contributed by atoms with Crippen molar-refractivity contribution in [2.45, 2.75) is 26.0 Å². The maximum atomic E-state index is 9.66. The minimum Gasteiger partial charge on any atom is -0.388 e. The lowest BCUT2D eigenvalue weighted by molar-refractivity contribution is -0.0901. The molecular weight excluding hydrogens is 242 g/mol. The molecule has 100 valence electrons. The lowest BCUT2D eigenvalue weighted by Crippen LogP contribution is -2.59. The van der Waals surface area contributed by atoms with Gasteiger partial charge in [-0.3, -0.25) is 4.90 Å². The fourth-order valence-electron chi connectivity index (χ4n) is 2.36. The molecule has 0 aliphatic carbocycles. The van der Waals surface area contributed by atoms with Crippen molar-refractivity contribution in [1.82, 2.24) is 15.0 Å². The van der Waals surface area contributed by atoms with Crippen LogP contribution in [0.1, 0.15) is 18.4 Å². The third-order valence-electron chi connectivity index (χ3n) is 3.27. The largest absolute Gasteiger partial charge is 0.388 e. The van der Waals surface area contributed by atoms with E-state index in [1.54, 1.807) is 0 Å². The van der Waals surface area contributed by atoms with Crippen LogP contribution in [0, 0.1) is 6.92 Å². The normalized spacial score (nSPS) is 18.3. The van der Waals surface area contributed by atoms with Gasteiger partial charge in [0.05, 0.1) is 12.1 Å². The summed E-state index contributed by atoms with van der Waals surface area (Å²) in [6.07, 6.45) is 0. The highest BCUT2D eigenvalue weighted by Gasteiger charge is 2.37. The molecule has 0 spiro atoms. The van der Waals surface area contributed by atoms with E-state index in [1.165, 1.54) is 5.56 Å². The first kappa shape index (κ1) is 12.3. The minimum atomic E-state index is -0.570. The molecule has 0 bridgehead atoms. The molecular formula is C14H17N3O2. The van der Waals surface area contributed by atoms with Crippen molar-refractivity contribution in [1.29, 1.82) is 0 Å². The van der Waals surface area contributed by atoms with E-state index in [0.717, 1.165) is 5.56 Å². The second kappa shape index (κ2) is 4.43. The van der Waals surface area contributed by atoms with Crippen molar-refractivity contribution in [3.8, 4) is 11.4 Å². The van der Waals surface area contributed by atoms with E-state index in [0.29, 0.717) is 31.3 Å². The molecule has 1 aromatic carbocycles. The maximum Gasteiger partial charge on any atom is 0.241 e. The Labute approximate surface area is 111 Å². The van der Waals surface area contributed by atoms with E-state index >= 15 is 0 Å². The summed E-state index contributed by atoms with van der Waals surface area (Å²) < 4.78 is 5.24. The van der Waals surface area contributed by atoms with Gasteiger partial charge < -0.3 is 9.63 Å². The van der Waals surface area contributed by atoms with E-state index in [-0.39, 0.29) is 0 Å². The number of aliphatic hydroxyl groups is 1. The van der Waals surface area contributed by atoms with Crippen LogP contribution in [0.25, 0.3) is 11.4 Å². The van der Waals surface area contributed by atoms with Crippen LogP contribution in [0.15, 0.2) is 28.8 Å². The van der Waals surface area contributed by atoms with E-state index in [4.69, 9.17) is 4.52 Å². The Morgan fingerprint density at radius 3 is 2.63 bits per heavy atom. The second-order valence-corrected chi connectivity index (χ2v) is 5.52. The number of β-amino-alcohol motifs (C(OH)–C–C–N with tert-alkyl or cyclic N) is 1. The molecule has 1 aromatic heterocycles. The highest BCUT2D eigenvalue weighted by atomic mass is 16.5. The van der Waals surface area contributed by atoms with Gasteiger partial charge in [-0.2, -0.15) is 4.98 Å². The number of benzene rings is 1. The molecule has 0 saturated carbocycles. The molecule has 1 fully saturated rings. The van der Waals surface area contributed by atoms with Crippen LogP contribution >= 0.6 is 0 Å². The quantitative estimate of drug-likeness (QED) is 0.907. The van der Waals surface area contributed by atoms with Gasteiger partial charge in [-0.1, -0.05) is 35.0 Å². The molecule has 0 atom stereocenters. The Hall–Kier alpha value is -1.72. The Kier molecular flexibility index (Phi) is 2.88. The highest BCUT2D eigenvalue weighted by Crippen LogP contribution is 2.22. The molecule has 0 unspecified atom stereocenters. The smallest absolute Gasteiger partial charge is 0.241 e. The Morgan fingerprint density at radius 1 is 1.32 bits per heavy atom. The fourth-order valence-corrected chi connectivity index (χ4v) is 2.36. The molecule has 5 nitrogen and oxygen atoms in total. The lowest BCUT2D eigenvalue weighted by Gasteiger charge is -2.43. The van der Waals surface area contributed by atoms with Gasteiger partial charge in [0.2, 0.25) is 11.7 Å². The van der Waals surface area contributed by atoms with E-state index in [2.05, 4.69) is 15.0 Å². The molecule has 1 saturated heterocycles. The number of rotatable bonds is 3. The van der Waals surface area contributed by atoms with Crippen molar-refractivity contribution in [2.75, 3.05) is 13.1 Å². The van der Waals surface area contributed by atoms with Gasteiger partial charge in [0.1, 0.15) is 0 Å². The predicted octanol–water partition coefficient (Wildman–Crippen LogP) is 1.61. The predicted molar refractivity (Wildman–Crippen MR) is 70.4 cm³/mol. The Morgan fingerprint density at radius 2 is 2.00 bits per heavy atom. The highest BCUT2D eigenvalue weighted by molar-refractivity contribution is 5.54. The standard InChI is InChI=1S/C14H17N3O2/c1-10-3-5-11(6-4-10)13-15-12(19-16-13)7-17-8-14(2,18)9-17/h3-6,18H,7-9H2,1-2H3. The van der Waals surface area contributed by atoms with E-state index in [9.17, 15) is 5.11 Å². The minimum absolute atomic E-state index is 0.570. The third-order valence-corrected chi connectivity index (χ3v) is 3.27. The van der Waals surface area contributed by atoms with Crippen molar-refractivity contribution in [3.63, 3.8) is 0 Å². The van der Waals surface area contributed by atoms with Crippen molar-refractivity contribution < 1.29 is 9.63 Å². The summed E-state index contributed by atoms with van der Waals surface area (Å²) in [5, 5.41) is 13.7. The van der Waals surface area contributed by atoms with Gasteiger partial charge in [0, 0.05) is 18.7 Å². The molecule has 2 heterocycles. The van der Waals surface area contributed by atoms with Gasteiger partial charge in [0.25, 0.3) is 0 Å². The number of hydrogen-bond acceptors (Lipinski definition) is 5. The molecule has 1 N–H and O–H groups in total. The number of aryl methyl sites for hydroxylation is 1. The molecule has 1 aliphatic rings. The number of likely N-dealkylation sites (tertiary alicyclic amines) is 1. The summed E-state index contributed by atoms with van der Waals surface area (Å²) in [6.45, 7) is 5.76. The van der Waals surface area contributed by atoms with Crippen LogP contribution in [0.4, 0.5) is 0 Å². The lowest BCUT2D eigenvalue weighted by atomic mass is 9.97. The van der Waals surface area contributed by atoms with Gasteiger partial charge in [-0.15, -0.1) is 0 Å². The second-order valence-electron chi connectivity index (χ2n) is 5.52. The van der Waals surface area contributed by atoms with Crippen LogP contribution in [-0.2, 0) is 6.54 Å². The average Bonchev–Trinajstić information content (AvgIpc) is 2.76.